The maximum Gasteiger partial charge on any atom is 0.469 e. The molecule has 0 aliphatic rings. The Morgan fingerprint density at radius 3 is 1.14 bits per heavy atom. The minimum Gasteiger partial charge on any atom is -0.250 e. The molecule has 2 aromatic carbocycles. The van der Waals surface area contributed by atoms with Crippen molar-refractivity contribution in [2.45, 2.75) is 43.8 Å². The molecule has 42 heavy (non-hydrogen) atoms. The molecule has 0 radical (unpaired) electrons. The number of halogens is 21. The molecule has 0 unspecified atom stereocenters. The average Bonchev–Trinajstić information content (AvgIpc) is 2.81. The standard InChI is InChI=1S/C15F16.C5H8F5N/c16-5-2(6(17)10(21)12(23)9(5)20)1-3(13(24,25)15(29,30)31)7(18)11(22)8(19)4(1)14(26,27)28;1-2-3-11-5(9,10)4(6,7)8/h;11H,2-3H2,1H3. The lowest BCUT2D eigenvalue weighted by molar-refractivity contribution is -0.295. The van der Waals surface area contributed by atoms with E-state index in [1.165, 1.54) is 6.92 Å². The zero-order valence-corrected chi connectivity index (χ0v) is 19.4. The summed E-state index contributed by atoms with van der Waals surface area (Å²) in [6, 6.07) is -4.76. The largest absolute Gasteiger partial charge is 0.469 e. The van der Waals surface area contributed by atoms with Crippen molar-refractivity contribution < 1.29 is 92.2 Å². The van der Waals surface area contributed by atoms with E-state index < -0.39 is 99.3 Å². The Balaban J connectivity index is 0.000000679. The van der Waals surface area contributed by atoms with E-state index in [-0.39, 0.29) is 13.0 Å². The highest BCUT2D eigenvalue weighted by Gasteiger charge is 2.63. The minimum atomic E-state index is -7.10. The van der Waals surface area contributed by atoms with Gasteiger partial charge in [-0.2, -0.15) is 57.1 Å². The molecule has 0 saturated heterocycles. The summed E-state index contributed by atoms with van der Waals surface area (Å²) < 4.78 is 272. The number of nitrogens with one attached hydrogen (secondary N) is 1. The summed E-state index contributed by atoms with van der Waals surface area (Å²) in [5.74, 6) is -34.1. The van der Waals surface area contributed by atoms with Crippen LogP contribution < -0.4 is 5.32 Å². The Kier molecular flexibility index (Phi) is 10.5. The number of hydrogen-bond acceptors (Lipinski definition) is 1. The van der Waals surface area contributed by atoms with Gasteiger partial charge in [-0.25, -0.2) is 35.1 Å². The summed E-state index contributed by atoms with van der Waals surface area (Å²) in [5.41, 5.74) is -14.2. The van der Waals surface area contributed by atoms with Crippen LogP contribution in [0.15, 0.2) is 0 Å². The molecule has 1 nitrogen and oxygen atoms in total. The van der Waals surface area contributed by atoms with E-state index in [1.807, 2.05) is 0 Å². The first-order chi connectivity index (χ1) is 18.6. The number of rotatable bonds is 5. The number of benzene rings is 2. The van der Waals surface area contributed by atoms with Gasteiger partial charge in [0.15, 0.2) is 40.7 Å². The molecule has 2 rings (SSSR count). The molecule has 1 N–H and O–H groups in total. The van der Waals surface area contributed by atoms with Gasteiger partial charge in [-0.15, -0.1) is 0 Å². The summed E-state index contributed by atoms with van der Waals surface area (Å²) in [5, 5.41) is 1.09. The molecule has 240 valence electrons. The second-order valence-corrected chi connectivity index (χ2v) is 7.58. The SMILES string of the molecule is CCCNC(F)(F)C(F)(F)F.Fc1c(F)c(F)c(-c2c(C(F)(F)F)c(F)c(F)c(F)c2C(F)(F)C(F)(F)F)c(F)c1F. The normalized spacial score (nSPS) is 13.3. The van der Waals surface area contributed by atoms with E-state index in [4.69, 9.17) is 0 Å². The fourth-order valence-corrected chi connectivity index (χ4v) is 2.82. The van der Waals surface area contributed by atoms with Crippen molar-refractivity contribution in [3.8, 4) is 11.1 Å². The Hall–Kier alpha value is -3.07. The van der Waals surface area contributed by atoms with Crippen molar-refractivity contribution in [2.24, 2.45) is 0 Å². The average molecular weight is 661 g/mol. The van der Waals surface area contributed by atoms with Gasteiger partial charge in [0.1, 0.15) is 5.56 Å². The van der Waals surface area contributed by atoms with Gasteiger partial charge < -0.3 is 0 Å². The summed E-state index contributed by atoms with van der Waals surface area (Å²) in [6.45, 7) is 1.14. The van der Waals surface area contributed by atoms with Crippen LogP contribution in [0.5, 0.6) is 0 Å². The summed E-state index contributed by atoms with van der Waals surface area (Å²) in [7, 11) is 0. The summed E-state index contributed by atoms with van der Waals surface area (Å²) in [6.07, 6.45) is -19.0. The lowest BCUT2D eigenvalue weighted by atomic mass is 9.88. The molecule has 0 atom stereocenters. The van der Waals surface area contributed by atoms with Gasteiger partial charge in [0.25, 0.3) is 0 Å². The first kappa shape index (κ1) is 37.0. The Bertz CT molecular complexity index is 1270. The molecule has 0 bridgehead atoms. The van der Waals surface area contributed by atoms with Crippen molar-refractivity contribution in [2.75, 3.05) is 6.54 Å². The van der Waals surface area contributed by atoms with Gasteiger partial charge in [0, 0.05) is 12.1 Å². The topological polar surface area (TPSA) is 12.0 Å². The van der Waals surface area contributed by atoms with Gasteiger partial charge in [0.05, 0.1) is 11.1 Å². The fourth-order valence-electron chi connectivity index (χ4n) is 2.82. The number of hydrogen-bond donors (Lipinski definition) is 1. The molecular weight excluding hydrogens is 653 g/mol. The van der Waals surface area contributed by atoms with E-state index in [1.54, 1.807) is 0 Å². The molecule has 2 aromatic rings. The molecule has 0 aromatic heterocycles. The van der Waals surface area contributed by atoms with E-state index in [2.05, 4.69) is 0 Å². The van der Waals surface area contributed by atoms with Crippen molar-refractivity contribution in [1.82, 2.24) is 5.32 Å². The van der Waals surface area contributed by atoms with Crippen LogP contribution in [0.4, 0.5) is 92.2 Å². The molecule has 0 aliphatic heterocycles. The Morgan fingerprint density at radius 1 is 0.452 bits per heavy atom. The fraction of sp³-hybridized carbons (Fsp3) is 0.400. The molecule has 0 amide bonds. The number of alkyl halides is 13. The first-order valence-electron chi connectivity index (χ1n) is 10.0. The van der Waals surface area contributed by atoms with E-state index >= 15 is 0 Å². The van der Waals surface area contributed by atoms with Crippen molar-refractivity contribution in [3.05, 3.63) is 57.7 Å². The predicted molar refractivity (Wildman–Crippen MR) is 95.8 cm³/mol. The van der Waals surface area contributed by atoms with E-state index in [0.717, 1.165) is 5.32 Å². The highest BCUT2D eigenvalue weighted by molar-refractivity contribution is 5.75. The second-order valence-electron chi connectivity index (χ2n) is 7.58. The predicted octanol–water partition coefficient (Wildman–Crippen LogP) is 9.28. The summed E-state index contributed by atoms with van der Waals surface area (Å²) >= 11 is 0. The third-order valence-corrected chi connectivity index (χ3v) is 4.69. The van der Waals surface area contributed by atoms with Crippen molar-refractivity contribution in [3.63, 3.8) is 0 Å². The zero-order valence-electron chi connectivity index (χ0n) is 19.4. The van der Waals surface area contributed by atoms with Crippen molar-refractivity contribution in [1.29, 1.82) is 0 Å². The maximum absolute atomic E-state index is 13.9. The van der Waals surface area contributed by atoms with Crippen LogP contribution in [0.25, 0.3) is 11.1 Å². The smallest absolute Gasteiger partial charge is 0.250 e. The minimum absolute atomic E-state index is 0.228. The lowest BCUT2D eigenvalue weighted by Gasteiger charge is -2.26. The third-order valence-electron chi connectivity index (χ3n) is 4.69. The van der Waals surface area contributed by atoms with Crippen LogP contribution in [-0.2, 0) is 12.1 Å². The highest BCUT2D eigenvalue weighted by Crippen LogP contribution is 2.53. The second kappa shape index (κ2) is 11.9. The molecule has 0 fully saturated rings. The van der Waals surface area contributed by atoms with Gasteiger partial charge in [-0.1, -0.05) is 6.92 Å². The van der Waals surface area contributed by atoms with Gasteiger partial charge in [-0.05, 0) is 6.42 Å². The maximum atomic E-state index is 13.9. The van der Waals surface area contributed by atoms with E-state index in [0.29, 0.717) is 0 Å². The van der Waals surface area contributed by atoms with Gasteiger partial charge >= 0.3 is 30.5 Å². The first-order valence-corrected chi connectivity index (χ1v) is 10.0. The third kappa shape index (κ3) is 6.77. The van der Waals surface area contributed by atoms with Crippen LogP contribution in [0, 0.1) is 46.5 Å². The summed E-state index contributed by atoms with van der Waals surface area (Å²) in [4.78, 5) is 0. The van der Waals surface area contributed by atoms with Gasteiger partial charge in [0.2, 0.25) is 5.82 Å². The van der Waals surface area contributed by atoms with Crippen LogP contribution in [0.2, 0.25) is 0 Å². The quantitative estimate of drug-likeness (QED) is 0.146. The molecule has 0 heterocycles. The Labute approximate surface area is 217 Å². The molecule has 0 aliphatic carbocycles. The highest BCUT2D eigenvalue weighted by atomic mass is 19.4. The Morgan fingerprint density at radius 2 is 0.810 bits per heavy atom. The van der Waals surface area contributed by atoms with Crippen LogP contribution >= 0.6 is 0 Å². The van der Waals surface area contributed by atoms with Crippen molar-refractivity contribution >= 4 is 0 Å². The van der Waals surface area contributed by atoms with Crippen LogP contribution in [0.3, 0.4) is 0 Å². The molecule has 0 saturated carbocycles. The lowest BCUT2D eigenvalue weighted by Crippen LogP contribution is -2.49. The molecule has 0 spiro atoms. The van der Waals surface area contributed by atoms with Crippen LogP contribution in [-0.4, -0.2) is 24.9 Å². The van der Waals surface area contributed by atoms with Gasteiger partial charge in [-0.3, -0.25) is 5.32 Å². The van der Waals surface area contributed by atoms with E-state index in [9.17, 15) is 92.2 Å². The zero-order chi connectivity index (χ0) is 33.5. The molecule has 22 heteroatoms. The van der Waals surface area contributed by atoms with Crippen LogP contribution in [0.1, 0.15) is 24.5 Å². The monoisotopic (exact) mass is 661 g/mol. The molecular formula is C20H8F21N.